The van der Waals surface area contributed by atoms with E-state index in [2.05, 4.69) is 26.3 Å². The quantitative estimate of drug-likeness (QED) is 0.478. The van der Waals surface area contributed by atoms with Gasteiger partial charge in [-0.2, -0.15) is 0 Å². The molecule has 1 amide bonds. The first kappa shape index (κ1) is 11.2. The molecule has 4 nitrogen and oxygen atoms in total. The van der Waals surface area contributed by atoms with Crippen molar-refractivity contribution in [1.82, 2.24) is 5.32 Å². The summed E-state index contributed by atoms with van der Waals surface area (Å²) in [4.78, 5) is 10.1. The predicted molar refractivity (Wildman–Crippen MR) is 48.2 cm³/mol. The molecule has 0 aromatic rings. The Morgan fingerprint density at radius 3 is 2.50 bits per heavy atom. The molecule has 0 aliphatic heterocycles. The Kier molecular flexibility index (Phi) is 4.66. The van der Waals surface area contributed by atoms with Crippen molar-refractivity contribution in [1.29, 1.82) is 0 Å². The second kappa shape index (κ2) is 4.98. The summed E-state index contributed by atoms with van der Waals surface area (Å²) in [6.45, 7) is 4.77. The number of carbonyl (C=O) groups is 1. The number of hydrogen-bond donors (Lipinski definition) is 2. The van der Waals surface area contributed by atoms with Crippen LogP contribution in [0.1, 0.15) is 13.3 Å². The highest BCUT2D eigenvalue weighted by atomic mass is 16.4. The number of nitrogens with one attached hydrogen (secondary N) is 1. The van der Waals surface area contributed by atoms with Crippen molar-refractivity contribution in [3.63, 3.8) is 0 Å². The highest BCUT2D eigenvalue weighted by Crippen LogP contribution is 1.96. The molecule has 0 unspecified atom stereocenters. The van der Waals surface area contributed by atoms with E-state index in [9.17, 15) is 4.79 Å². The molecule has 72 valence electrons. The molecule has 0 fully saturated rings. The lowest BCUT2D eigenvalue weighted by Crippen LogP contribution is -2.41. The molecule has 12 heavy (non-hydrogen) atoms. The molecular formula is C8H19N2O2+. The van der Waals surface area contributed by atoms with Crippen molar-refractivity contribution in [2.24, 2.45) is 0 Å². The minimum atomic E-state index is -0.934. The molecule has 0 aliphatic rings. The summed E-state index contributed by atoms with van der Waals surface area (Å²) in [5.41, 5.74) is 0. The third-order valence-electron chi connectivity index (χ3n) is 2.07. The lowest BCUT2D eigenvalue weighted by molar-refractivity contribution is -0.888. The lowest BCUT2D eigenvalue weighted by atomic mass is 10.3. The average Bonchev–Trinajstić information content (AvgIpc) is 1.98. The van der Waals surface area contributed by atoms with Crippen molar-refractivity contribution in [3.05, 3.63) is 0 Å². The highest BCUT2D eigenvalue weighted by Gasteiger charge is 2.10. The van der Waals surface area contributed by atoms with Crippen LogP contribution in [0.3, 0.4) is 0 Å². The van der Waals surface area contributed by atoms with E-state index < -0.39 is 6.09 Å². The predicted octanol–water partition coefficient (Wildman–Crippen LogP) is 0.740. The van der Waals surface area contributed by atoms with Crippen LogP contribution in [0.2, 0.25) is 0 Å². The van der Waals surface area contributed by atoms with Gasteiger partial charge in [0.25, 0.3) is 0 Å². The van der Waals surface area contributed by atoms with Gasteiger partial charge >= 0.3 is 6.09 Å². The van der Waals surface area contributed by atoms with Crippen molar-refractivity contribution in [3.8, 4) is 0 Å². The van der Waals surface area contributed by atoms with Crippen LogP contribution in [0.4, 0.5) is 4.79 Å². The summed E-state index contributed by atoms with van der Waals surface area (Å²) in [7, 11) is 4.28. The van der Waals surface area contributed by atoms with Crippen molar-refractivity contribution >= 4 is 6.09 Å². The summed E-state index contributed by atoms with van der Waals surface area (Å²) in [6, 6.07) is 0. The second-order valence-electron chi connectivity index (χ2n) is 3.56. The molecular weight excluding hydrogens is 156 g/mol. The van der Waals surface area contributed by atoms with Crippen molar-refractivity contribution < 1.29 is 14.4 Å². The molecule has 0 aliphatic carbocycles. The number of amides is 1. The van der Waals surface area contributed by atoms with Gasteiger partial charge in [-0.3, -0.25) is 0 Å². The number of hydrogen-bond acceptors (Lipinski definition) is 1. The third kappa shape index (κ3) is 5.97. The molecule has 0 spiro atoms. The monoisotopic (exact) mass is 175 g/mol. The fourth-order valence-electron chi connectivity index (χ4n) is 0.861. The smallest absolute Gasteiger partial charge is 0.404 e. The third-order valence-corrected chi connectivity index (χ3v) is 2.07. The molecule has 0 bridgehead atoms. The maximum Gasteiger partial charge on any atom is 0.404 e. The number of rotatable bonds is 5. The van der Waals surface area contributed by atoms with E-state index >= 15 is 0 Å². The molecule has 0 saturated heterocycles. The first-order chi connectivity index (χ1) is 5.48. The Labute approximate surface area is 73.8 Å². The Hall–Kier alpha value is -0.770. The Morgan fingerprint density at radius 1 is 1.50 bits per heavy atom. The Balaban J connectivity index is 3.37. The van der Waals surface area contributed by atoms with Gasteiger partial charge in [0.1, 0.15) is 0 Å². The fourth-order valence-corrected chi connectivity index (χ4v) is 0.861. The van der Waals surface area contributed by atoms with Crippen LogP contribution in [-0.2, 0) is 0 Å². The van der Waals surface area contributed by atoms with E-state index in [4.69, 9.17) is 5.11 Å². The van der Waals surface area contributed by atoms with Crippen LogP contribution in [0.5, 0.6) is 0 Å². The van der Waals surface area contributed by atoms with Gasteiger partial charge in [-0.25, -0.2) is 4.79 Å². The Morgan fingerprint density at radius 2 is 2.08 bits per heavy atom. The van der Waals surface area contributed by atoms with E-state index in [0.29, 0.717) is 6.54 Å². The van der Waals surface area contributed by atoms with Crippen molar-refractivity contribution in [2.45, 2.75) is 13.3 Å². The highest BCUT2D eigenvalue weighted by molar-refractivity contribution is 5.64. The standard InChI is InChI=1S/C8H18N2O2/c1-4-10(2,3)7-5-6-9-8(11)12/h9H,4-7H2,1-3H3/p+1. The van der Waals surface area contributed by atoms with Crippen LogP contribution in [0.15, 0.2) is 0 Å². The van der Waals surface area contributed by atoms with Crippen LogP contribution in [0.25, 0.3) is 0 Å². The van der Waals surface area contributed by atoms with Gasteiger partial charge < -0.3 is 14.9 Å². The first-order valence-electron chi connectivity index (χ1n) is 4.27. The summed E-state index contributed by atoms with van der Waals surface area (Å²) in [5, 5.41) is 10.6. The van der Waals surface area contributed by atoms with E-state index in [-0.39, 0.29) is 0 Å². The maximum atomic E-state index is 10.1. The second-order valence-corrected chi connectivity index (χ2v) is 3.56. The molecule has 0 heterocycles. The van der Waals surface area contributed by atoms with Gasteiger partial charge in [-0.05, 0) is 6.92 Å². The molecule has 0 radical (unpaired) electrons. The molecule has 0 saturated carbocycles. The zero-order valence-electron chi connectivity index (χ0n) is 8.13. The summed E-state index contributed by atoms with van der Waals surface area (Å²) >= 11 is 0. The van der Waals surface area contributed by atoms with Crippen LogP contribution in [-0.4, -0.2) is 49.4 Å². The zero-order valence-corrected chi connectivity index (χ0v) is 8.13. The number of nitrogens with zero attached hydrogens (tertiary/aromatic N) is 1. The summed E-state index contributed by atoms with van der Waals surface area (Å²) in [5.74, 6) is 0. The van der Waals surface area contributed by atoms with Gasteiger partial charge in [0.15, 0.2) is 0 Å². The van der Waals surface area contributed by atoms with Crippen LogP contribution < -0.4 is 5.32 Å². The van der Waals surface area contributed by atoms with E-state index in [1.54, 1.807) is 0 Å². The largest absolute Gasteiger partial charge is 0.465 e. The normalized spacial score (nSPS) is 11.2. The van der Waals surface area contributed by atoms with E-state index in [1.165, 1.54) is 0 Å². The zero-order chi connectivity index (χ0) is 9.61. The molecule has 4 heteroatoms. The summed E-state index contributed by atoms with van der Waals surface area (Å²) < 4.78 is 0.946. The minimum Gasteiger partial charge on any atom is -0.465 e. The number of quaternary nitrogens is 1. The molecule has 2 N–H and O–H groups in total. The first-order valence-corrected chi connectivity index (χ1v) is 4.27. The molecule has 0 atom stereocenters. The SMILES string of the molecule is CC[N+](C)(C)CCCNC(=O)O. The maximum absolute atomic E-state index is 10.1. The van der Waals surface area contributed by atoms with Gasteiger partial charge in [-0.1, -0.05) is 0 Å². The average molecular weight is 175 g/mol. The molecule has 0 aromatic heterocycles. The molecule has 0 aromatic carbocycles. The lowest BCUT2D eigenvalue weighted by Gasteiger charge is -2.27. The van der Waals surface area contributed by atoms with Gasteiger partial charge in [0, 0.05) is 13.0 Å². The Bertz CT molecular complexity index is 146. The van der Waals surface area contributed by atoms with Crippen LogP contribution in [0, 0.1) is 0 Å². The fraction of sp³-hybridized carbons (Fsp3) is 0.875. The minimum absolute atomic E-state index is 0.553. The van der Waals surface area contributed by atoms with Gasteiger partial charge in [0.2, 0.25) is 0 Å². The van der Waals surface area contributed by atoms with Crippen LogP contribution >= 0.6 is 0 Å². The molecule has 0 rings (SSSR count). The van der Waals surface area contributed by atoms with E-state index in [0.717, 1.165) is 24.0 Å². The van der Waals surface area contributed by atoms with Gasteiger partial charge in [0.05, 0.1) is 27.2 Å². The number of carboxylic acid groups (broad SMARTS) is 1. The van der Waals surface area contributed by atoms with Crippen molar-refractivity contribution in [2.75, 3.05) is 33.7 Å². The van der Waals surface area contributed by atoms with E-state index in [1.807, 2.05) is 0 Å². The van der Waals surface area contributed by atoms with Gasteiger partial charge in [-0.15, -0.1) is 0 Å². The topological polar surface area (TPSA) is 49.3 Å². The summed E-state index contributed by atoms with van der Waals surface area (Å²) in [6.07, 6.45) is -0.0375.